The van der Waals surface area contributed by atoms with E-state index in [1.807, 2.05) is 0 Å². The van der Waals surface area contributed by atoms with Crippen LogP contribution in [0.3, 0.4) is 0 Å². The van der Waals surface area contributed by atoms with Crippen LogP contribution >= 0.6 is 23.2 Å². The van der Waals surface area contributed by atoms with E-state index < -0.39 is 65.3 Å². The van der Waals surface area contributed by atoms with Crippen molar-refractivity contribution in [3.05, 3.63) is 69.2 Å². The first kappa shape index (κ1) is 42.4. The number of hydrogen-bond acceptors (Lipinski definition) is 7. The number of halogens is 8. The third kappa shape index (κ3) is 9.69. The Hall–Kier alpha value is -2.03. The van der Waals surface area contributed by atoms with E-state index in [4.69, 9.17) is 23.2 Å². The molecule has 1 N–H and O–H groups in total. The van der Waals surface area contributed by atoms with Gasteiger partial charge in [0.15, 0.2) is 11.0 Å². The molecule has 0 spiro atoms. The van der Waals surface area contributed by atoms with Crippen molar-refractivity contribution >= 4 is 101 Å². The Morgan fingerprint density at radius 1 is 0.860 bits per heavy atom. The summed E-state index contributed by atoms with van der Waals surface area (Å²) in [6, 6.07) is 3.94. The maximum Gasteiger partial charge on any atom is 0.418 e. The molecule has 0 atom stereocenters. The van der Waals surface area contributed by atoms with Gasteiger partial charge in [-0.05, 0) is 44.9 Å². The van der Waals surface area contributed by atoms with E-state index in [0.717, 1.165) is 24.3 Å². The van der Waals surface area contributed by atoms with Crippen molar-refractivity contribution in [1.82, 2.24) is 4.57 Å². The Morgan fingerprint density at radius 3 is 1.98 bits per heavy atom. The summed E-state index contributed by atoms with van der Waals surface area (Å²) in [5.74, 6) is -0.875. The zero-order valence-electron chi connectivity index (χ0n) is 26.8. The molecule has 0 saturated heterocycles. The van der Waals surface area contributed by atoms with Crippen LogP contribution in [0.4, 0.5) is 37.7 Å². The predicted molar refractivity (Wildman–Crippen MR) is 178 cm³/mol. The molecule has 1 radical (unpaired) electrons. The summed E-state index contributed by atoms with van der Waals surface area (Å²) in [5, 5.41) is -1.14. The summed E-state index contributed by atoms with van der Waals surface area (Å²) in [7, 11) is -9.04. The van der Waals surface area contributed by atoms with Gasteiger partial charge in [0.05, 0.1) is 61.5 Å². The number of nitrogens with zero attached hydrogens (tertiary/aromatic N) is 4. The van der Waals surface area contributed by atoms with Crippen LogP contribution in [0, 0.1) is 0 Å². The van der Waals surface area contributed by atoms with Crippen LogP contribution in [0.1, 0.15) is 43.6 Å². The second-order valence-corrected chi connectivity index (χ2v) is 14.8. The summed E-state index contributed by atoms with van der Waals surface area (Å²) in [6.45, 7) is 3.55. The number of rotatable bonds is 12. The van der Waals surface area contributed by atoms with E-state index in [2.05, 4.69) is 0 Å². The molecule has 1 aliphatic heterocycles. The minimum Gasteiger partial charge on any atom is -0.748 e. The molecule has 2 aromatic carbocycles. The van der Waals surface area contributed by atoms with Crippen LogP contribution in [0.5, 0.6) is 0 Å². The van der Waals surface area contributed by atoms with E-state index >= 15 is 0 Å². The van der Waals surface area contributed by atoms with Crippen molar-refractivity contribution in [2.75, 3.05) is 34.4 Å². The van der Waals surface area contributed by atoms with Crippen molar-refractivity contribution in [3.63, 3.8) is 0 Å². The van der Waals surface area contributed by atoms with Crippen LogP contribution in [-0.4, -0.2) is 84.7 Å². The second-order valence-electron chi connectivity index (χ2n) is 10.9. The quantitative estimate of drug-likeness (QED) is 0.0976. The summed E-state index contributed by atoms with van der Waals surface area (Å²) < 4.78 is 152. The van der Waals surface area contributed by atoms with E-state index in [9.17, 15) is 52.3 Å². The van der Waals surface area contributed by atoms with E-state index in [1.165, 1.54) is 27.7 Å². The molecular formula is C29H30Cl2F6N4NaO6S2. The van der Waals surface area contributed by atoms with Crippen LogP contribution in [0.2, 0.25) is 10.0 Å². The van der Waals surface area contributed by atoms with Crippen molar-refractivity contribution < 1.29 is 56.9 Å². The Bertz CT molecular complexity index is 2040. The van der Waals surface area contributed by atoms with E-state index in [0.29, 0.717) is 5.82 Å². The number of fused-ring (bicyclic) bond motifs is 2. The van der Waals surface area contributed by atoms with Crippen LogP contribution < -0.4 is 14.4 Å². The fraction of sp³-hybridized carbons (Fsp3) is 0.414. The van der Waals surface area contributed by atoms with Gasteiger partial charge < -0.3 is 14.4 Å². The number of allylic oxidation sites excluding steroid dienone is 2. The minimum atomic E-state index is -4.81. The van der Waals surface area contributed by atoms with Gasteiger partial charge in [0.1, 0.15) is 5.82 Å². The van der Waals surface area contributed by atoms with Crippen molar-refractivity contribution in [1.29, 1.82) is 0 Å². The number of benzene rings is 2. The molecule has 0 fully saturated rings. The van der Waals surface area contributed by atoms with Gasteiger partial charge in [-0.3, -0.25) is 4.55 Å². The first-order valence-electron chi connectivity index (χ1n) is 14.6. The molecular weight excluding hydrogens is 772 g/mol. The van der Waals surface area contributed by atoms with Gasteiger partial charge >= 0.3 is 12.4 Å². The molecule has 0 amide bonds. The average Bonchev–Trinajstić information content (AvgIpc) is 3.39. The molecule has 0 bridgehead atoms. The predicted octanol–water partition coefficient (Wildman–Crippen LogP) is 6.33. The minimum absolute atomic E-state index is 0. The Labute approximate surface area is 316 Å². The fourth-order valence-electron chi connectivity index (χ4n) is 5.71. The van der Waals surface area contributed by atoms with Gasteiger partial charge in [0.2, 0.25) is 0 Å². The SMILES string of the molecule is CCN1C(=CC=Cc2n(CC)c3cc(Cl)c(C(F)(F)F)cc3[n+]2CCCS(=O)(=O)[O-])N(CCCS(=O)(=O)O)c2cc(C(F)(F)F)c(Cl)cc21.[Na]. The molecule has 4 rings (SSSR count). The number of anilines is 2. The van der Waals surface area contributed by atoms with Gasteiger partial charge in [-0.15, -0.1) is 0 Å². The standard InChI is InChI=1S/C29H30Cl2F6N4O6S2.Na/c1-3-38-24-16-20(30)18(28(32,33)34)14-22(24)40(10-6-12-48(42,43)44)26(38)8-5-9-27-39(4-2)25-17-21(31)19(29(35,36)37)15-23(25)41(27)11-7-13-49(45,46)47;/h5,8-9,14-17H,3-4,6-7,10-13H2,1-2H3,(H-,42,43,44,45,46,47);. The molecule has 1 aromatic heterocycles. The van der Waals surface area contributed by atoms with Gasteiger partial charge in [-0.2, -0.15) is 34.8 Å². The summed E-state index contributed by atoms with van der Waals surface area (Å²) in [5.41, 5.74) is -1.55. The van der Waals surface area contributed by atoms with E-state index in [-0.39, 0.29) is 96.8 Å². The Balaban J connectivity index is 0.00000676. The molecule has 2 heterocycles. The smallest absolute Gasteiger partial charge is 0.418 e. The van der Waals surface area contributed by atoms with Gasteiger partial charge in [-0.25, -0.2) is 17.6 Å². The third-order valence-corrected chi connectivity index (χ3v) is 9.91. The van der Waals surface area contributed by atoms with Gasteiger partial charge in [-0.1, -0.05) is 29.3 Å². The molecule has 0 aliphatic carbocycles. The molecule has 21 heteroatoms. The van der Waals surface area contributed by atoms with Crippen molar-refractivity contribution in [2.24, 2.45) is 0 Å². The maximum atomic E-state index is 13.8. The first-order valence-corrected chi connectivity index (χ1v) is 18.6. The number of aryl methyl sites for hydroxylation is 2. The second kappa shape index (κ2) is 15.9. The molecule has 0 unspecified atom stereocenters. The van der Waals surface area contributed by atoms with Crippen LogP contribution in [0.15, 0.2) is 42.2 Å². The van der Waals surface area contributed by atoms with Gasteiger partial charge in [0.25, 0.3) is 15.9 Å². The molecule has 3 aromatic rings. The molecule has 1 aliphatic rings. The van der Waals surface area contributed by atoms with Gasteiger partial charge in [0, 0.05) is 66.6 Å². The van der Waals surface area contributed by atoms with E-state index in [1.54, 1.807) is 23.3 Å². The van der Waals surface area contributed by atoms with Crippen LogP contribution in [0.25, 0.3) is 17.1 Å². The van der Waals surface area contributed by atoms with Crippen molar-refractivity contribution in [2.45, 2.75) is 52.1 Å². The fourth-order valence-corrected chi connectivity index (χ4v) is 7.21. The topological polar surface area (TPSA) is 127 Å². The summed E-state index contributed by atoms with van der Waals surface area (Å²) >= 11 is 12.0. The Kier molecular flexibility index (Phi) is 13.5. The third-order valence-electron chi connectivity index (χ3n) is 7.69. The maximum absolute atomic E-state index is 13.8. The number of alkyl halides is 6. The Morgan fingerprint density at radius 2 is 1.44 bits per heavy atom. The number of hydrogen-bond donors (Lipinski definition) is 1. The molecule has 0 saturated carbocycles. The zero-order chi connectivity index (χ0) is 36.7. The molecule has 271 valence electrons. The largest absolute Gasteiger partial charge is 0.748 e. The molecule has 10 nitrogen and oxygen atoms in total. The summed E-state index contributed by atoms with van der Waals surface area (Å²) in [6.07, 6.45) is -5.56. The molecule has 50 heavy (non-hydrogen) atoms. The monoisotopic (exact) mass is 801 g/mol. The summed E-state index contributed by atoms with van der Waals surface area (Å²) in [4.78, 5) is 3.05. The zero-order valence-corrected chi connectivity index (χ0v) is 32.0. The van der Waals surface area contributed by atoms with Crippen molar-refractivity contribution in [3.8, 4) is 0 Å². The average molecular weight is 803 g/mol. The normalized spacial score (nSPS) is 15.1. The number of aromatic nitrogens is 2. The van der Waals surface area contributed by atoms with Crippen LogP contribution in [-0.2, 0) is 45.7 Å². The first-order chi connectivity index (χ1) is 22.6. The number of imidazole rings is 1.